The lowest BCUT2D eigenvalue weighted by molar-refractivity contribution is -0.137. The van der Waals surface area contributed by atoms with E-state index in [1.807, 2.05) is 0 Å². The summed E-state index contributed by atoms with van der Waals surface area (Å²) in [6.07, 6.45) is -2.78. The second-order valence-electron chi connectivity index (χ2n) is 6.43. The predicted molar refractivity (Wildman–Crippen MR) is 101 cm³/mol. The number of nitrogens with zero attached hydrogens (tertiary/aromatic N) is 1. The number of hydroxylamine groups is 1. The number of rotatable bonds is 6. The highest BCUT2D eigenvalue weighted by molar-refractivity contribution is 5.97. The first kappa shape index (κ1) is 20.6. The van der Waals surface area contributed by atoms with Crippen LogP contribution in [0.2, 0.25) is 0 Å². The van der Waals surface area contributed by atoms with Crippen molar-refractivity contribution >= 4 is 16.7 Å². The molecule has 0 unspecified atom stereocenters. The smallest absolute Gasteiger partial charge is 0.314 e. The summed E-state index contributed by atoms with van der Waals surface area (Å²) >= 11 is 0. The monoisotopic (exact) mass is 405 g/mol. The van der Waals surface area contributed by atoms with E-state index in [1.54, 1.807) is 24.4 Å². The van der Waals surface area contributed by atoms with Gasteiger partial charge < -0.3 is 9.88 Å². The number of amides is 1. The molecule has 0 radical (unpaired) electrons. The van der Waals surface area contributed by atoms with E-state index in [1.165, 1.54) is 28.2 Å². The molecule has 29 heavy (non-hydrogen) atoms. The number of aromatic nitrogens is 1. The lowest BCUT2D eigenvalue weighted by Crippen LogP contribution is -2.27. The number of hydrogen-bond acceptors (Lipinski definition) is 4. The SMILES string of the molecule is O=C(NO)c1ccc2ccn(CCNCc3cccc(C(F)(F)F)c3)c(=O)c2c1. The molecular weight excluding hydrogens is 387 g/mol. The Morgan fingerprint density at radius 3 is 2.62 bits per heavy atom. The van der Waals surface area contributed by atoms with Gasteiger partial charge in [-0.15, -0.1) is 0 Å². The maximum Gasteiger partial charge on any atom is 0.416 e. The minimum Gasteiger partial charge on any atom is -0.314 e. The fourth-order valence-electron chi connectivity index (χ4n) is 2.95. The van der Waals surface area contributed by atoms with E-state index >= 15 is 0 Å². The van der Waals surface area contributed by atoms with E-state index in [4.69, 9.17) is 5.21 Å². The van der Waals surface area contributed by atoms with Crippen molar-refractivity contribution < 1.29 is 23.2 Å². The van der Waals surface area contributed by atoms with Gasteiger partial charge in [0.25, 0.3) is 11.5 Å². The summed E-state index contributed by atoms with van der Waals surface area (Å²) in [7, 11) is 0. The molecule has 3 aromatic rings. The number of pyridine rings is 1. The molecule has 0 aliphatic heterocycles. The molecule has 152 valence electrons. The fraction of sp³-hybridized carbons (Fsp3) is 0.200. The molecule has 1 heterocycles. The molecule has 3 rings (SSSR count). The number of halogens is 3. The van der Waals surface area contributed by atoms with Crippen LogP contribution >= 0.6 is 0 Å². The number of benzene rings is 2. The minimum atomic E-state index is -4.39. The van der Waals surface area contributed by atoms with Crippen molar-refractivity contribution in [3.05, 3.63) is 81.8 Å². The third kappa shape index (κ3) is 4.82. The van der Waals surface area contributed by atoms with Crippen molar-refractivity contribution in [3.8, 4) is 0 Å². The molecule has 0 fully saturated rings. The number of alkyl halides is 3. The van der Waals surface area contributed by atoms with Gasteiger partial charge in [-0.25, -0.2) is 5.48 Å². The number of carbonyl (C=O) groups excluding carboxylic acids is 1. The van der Waals surface area contributed by atoms with Gasteiger partial charge in [0.15, 0.2) is 0 Å². The molecule has 9 heteroatoms. The van der Waals surface area contributed by atoms with Crippen LogP contribution in [-0.2, 0) is 19.3 Å². The van der Waals surface area contributed by atoms with E-state index in [0.29, 0.717) is 29.4 Å². The molecule has 0 aliphatic carbocycles. The zero-order valence-corrected chi connectivity index (χ0v) is 15.2. The van der Waals surface area contributed by atoms with E-state index in [9.17, 15) is 22.8 Å². The summed E-state index contributed by atoms with van der Waals surface area (Å²) in [5, 5.41) is 12.7. The van der Waals surface area contributed by atoms with Gasteiger partial charge >= 0.3 is 6.18 Å². The Morgan fingerprint density at radius 1 is 1.10 bits per heavy atom. The normalized spacial score (nSPS) is 11.6. The second kappa shape index (κ2) is 8.46. The highest BCUT2D eigenvalue weighted by Gasteiger charge is 2.30. The average molecular weight is 405 g/mol. The predicted octanol–water partition coefficient (Wildman–Crippen LogP) is 2.93. The Bertz CT molecular complexity index is 1090. The second-order valence-corrected chi connectivity index (χ2v) is 6.43. The Labute approximate surface area is 163 Å². The third-order valence-corrected chi connectivity index (χ3v) is 4.46. The van der Waals surface area contributed by atoms with Crippen molar-refractivity contribution in [2.45, 2.75) is 19.3 Å². The molecule has 3 N–H and O–H groups in total. The molecule has 0 spiro atoms. The number of carbonyl (C=O) groups is 1. The van der Waals surface area contributed by atoms with Crippen molar-refractivity contribution in [3.63, 3.8) is 0 Å². The van der Waals surface area contributed by atoms with Crippen LogP contribution in [-0.4, -0.2) is 22.2 Å². The van der Waals surface area contributed by atoms with Gasteiger partial charge in [-0.1, -0.05) is 24.3 Å². The van der Waals surface area contributed by atoms with Gasteiger partial charge in [0.2, 0.25) is 0 Å². The number of nitrogens with one attached hydrogen (secondary N) is 2. The molecule has 6 nitrogen and oxygen atoms in total. The minimum absolute atomic E-state index is 0.150. The van der Waals surface area contributed by atoms with Gasteiger partial charge in [0.1, 0.15) is 0 Å². The molecule has 0 aliphatic rings. The van der Waals surface area contributed by atoms with Gasteiger partial charge in [0, 0.05) is 36.8 Å². The summed E-state index contributed by atoms with van der Waals surface area (Å²) in [6.45, 7) is 0.885. The van der Waals surface area contributed by atoms with Crippen LogP contribution in [0.5, 0.6) is 0 Å². The highest BCUT2D eigenvalue weighted by Crippen LogP contribution is 2.29. The van der Waals surface area contributed by atoms with Crippen molar-refractivity contribution in [1.82, 2.24) is 15.4 Å². The molecule has 1 aromatic heterocycles. The number of fused-ring (bicyclic) bond motifs is 1. The Hall–Kier alpha value is -3.17. The largest absolute Gasteiger partial charge is 0.416 e. The lowest BCUT2D eigenvalue weighted by atomic mass is 10.1. The van der Waals surface area contributed by atoms with Crippen LogP contribution < -0.4 is 16.4 Å². The van der Waals surface area contributed by atoms with Gasteiger partial charge in [0.05, 0.1) is 5.56 Å². The first-order valence-corrected chi connectivity index (χ1v) is 8.74. The lowest BCUT2D eigenvalue weighted by Gasteiger charge is -2.11. The summed E-state index contributed by atoms with van der Waals surface area (Å²) in [4.78, 5) is 24.2. The highest BCUT2D eigenvalue weighted by atomic mass is 19.4. The Balaban J connectivity index is 1.67. The van der Waals surface area contributed by atoms with Crippen LogP contribution in [0.3, 0.4) is 0 Å². The molecule has 0 saturated heterocycles. The average Bonchev–Trinajstić information content (AvgIpc) is 2.71. The fourth-order valence-corrected chi connectivity index (χ4v) is 2.95. The van der Waals surface area contributed by atoms with Crippen LogP contribution in [0.15, 0.2) is 59.5 Å². The Morgan fingerprint density at radius 2 is 1.90 bits per heavy atom. The van der Waals surface area contributed by atoms with Crippen LogP contribution in [0.4, 0.5) is 13.2 Å². The maximum absolute atomic E-state index is 12.8. The van der Waals surface area contributed by atoms with E-state index in [0.717, 1.165) is 12.1 Å². The topological polar surface area (TPSA) is 83.4 Å². The number of hydrogen-bond donors (Lipinski definition) is 3. The first-order chi connectivity index (χ1) is 13.8. The van der Waals surface area contributed by atoms with Gasteiger partial charge in [-0.2, -0.15) is 13.2 Å². The van der Waals surface area contributed by atoms with Gasteiger partial charge in [-0.3, -0.25) is 14.8 Å². The molecule has 0 atom stereocenters. The van der Waals surface area contributed by atoms with Crippen LogP contribution in [0, 0.1) is 0 Å². The summed E-state index contributed by atoms with van der Waals surface area (Å²) in [5.41, 5.74) is 1.15. The maximum atomic E-state index is 12.8. The van der Waals surface area contributed by atoms with E-state index in [-0.39, 0.29) is 17.7 Å². The molecule has 2 aromatic carbocycles. The van der Waals surface area contributed by atoms with E-state index < -0.39 is 17.6 Å². The standard InChI is InChI=1S/C20H18F3N3O3/c21-20(22,23)16-3-1-2-13(10-16)12-24-7-9-26-8-6-14-4-5-15(18(27)25-29)11-17(14)19(26)28/h1-6,8,10-11,24,29H,7,9,12H2,(H,25,27). The van der Waals surface area contributed by atoms with Gasteiger partial charge in [-0.05, 0) is 35.2 Å². The molecule has 0 saturated carbocycles. The summed E-state index contributed by atoms with van der Waals surface area (Å²) in [6, 6.07) is 11.3. The molecule has 0 bridgehead atoms. The van der Waals surface area contributed by atoms with Crippen LogP contribution in [0.25, 0.3) is 10.8 Å². The summed E-state index contributed by atoms with van der Waals surface area (Å²) < 4.78 is 39.7. The third-order valence-electron chi connectivity index (χ3n) is 4.46. The van der Waals surface area contributed by atoms with Crippen molar-refractivity contribution in [2.24, 2.45) is 0 Å². The molecular formula is C20H18F3N3O3. The zero-order valence-electron chi connectivity index (χ0n) is 15.2. The zero-order chi connectivity index (χ0) is 21.0. The molecule has 1 amide bonds. The Kier molecular flexibility index (Phi) is 6.00. The van der Waals surface area contributed by atoms with Crippen LogP contribution in [0.1, 0.15) is 21.5 Å². The van der Waals surface area contributed by atoms with E-state index in [2.05, 4.69) is 5.32 Å². The summed E-state index contributed by atoms with van der Waals surface area (Å²) in [5.74, 6) is -0.718. The van der Waals surface area contributed by atoms with Crippen molar-refractivity contribution in [1.29, 1.82) is 0 Å². The first-order valence-electron chi connectivity index (χ1n) is 8.74. The van der Waals surface area contributed by atoms with Crippen molar-refractivity contribution in [2.75, 3.05) is 6.54 Å². The quantitative estimate of drug-likeness (QED) is 0.335.